The van der Waals surface area contributed by atoms with Gasteiger partial charge < -0.3 is 10.2 Å². The second-order valence-corrected chi connectivity index (χ2v) is 5.18. The lowest BCUT2D eigenvalue weighted by Crippen LogP contribution is -2.46. The van der Waals surface area contributed by atoms with Gasteiger partial charge in [0.05, 0.1) is 0 Å². The van der Waals surface area contributed by atoms with Crippen LogP contribution in [0.1, 0.15) is 25.8 Å². The van der Waals surface area contributed by atoms with Crippen LogP contribution in [0.15, 0.2) is 30.3 Å². The van der Waals surface area contributed by atoms with E-state index in [0.717, 1.165) is 25.9 Å². The fourth-order valence-corrected chi connectivity index (χ4v) is 2.28. The van der Waals surface area contributed by atoms with E-state index in [1.165, 1.54) is 5.56 Å². The lowest BCUT2D eigenvalue weighted by molar-refractivity contribution is 0.153. The van der Waals surface area contributed by atoms with Crippen molar-refractivity contribution in [3.63, 3.8) is 0 Å². The third kappa shape index (κ3) is 2.78. The number of urea groups is 1. The molecule has 0 saturated carbocycles. The molecule has 0 unspecified atom stereocenters. The molecule has 0 aromatic heterocycles. The highest BCUT2D eigenvalue weighted by molar-refractivity contribution is 5.77. The monoisotopic (exact) mass is 232 g/mol. The zero-order valence-electron chi connectivity index (χ0n) is 10.6. The molecular formula is C14H20N2O. The topological polar surface area (TPSA) is 32.3 Å². The molecule has 1 aliphatic heterocycles. The molecule has 2 rings (SSSR count). The summed E-state index contributed by atoms with van der Waals surface area (Å²) >= 11 is 0. The predicted molar refractivity (Wildman–Crippen MR) is 68.9 cm³/mol. The normalized spacial score (nSPS) is 16.1. The number of hydrogen-bond donors (Lipinski definition) is 1. The Balaban J connectivity index is 1.95. The van der Waals surface area contributed by atoms with Gasteiger partial charge in [-0.1, -0.05) is 30.3 Å². The van der Waals surface area contributed by atoms with Gasteiger partial charge >= 0.3 is 6.03 Å². The van der Waals surface area contributed by atoms with E-state index in [1.54, 1.807) is 0 Å². The maximum Gasteiger partial charge on any atom is 0.317 e. The van der Waals surface area contributed by atoms with Crippen molar-refractivity contribution in [2.24, 2.45) is 0 Å². The lowest BCUT2D eigenvalue weighted by Gasteiger charge is -2.34. The minimum Gasteiger partial charge on any atom is -0.336 e. The maximum absolute atomic E-state index is 11.6. The molecule has 3 heteroatoms. The van der Waals surface area contributed by atoms with E-state index in [1.807, 2.05) is 11.0 Å². The molecule has 0 atom stereocenters. The largest absolute Gasteiger partial charge is 0.336 e. The Labute approximate surface area is 103 Å². The summed E-state index contributed by atoms with van der Waals surface area (Å²) in [5.74, 6) is 0. The number of aryl methyl sites for hydroxylation is 1. The molecule has 2 amide bonds. The summed E-state index contributed by atoms with van der Waals surface area (Å²) in [5.41, 5.74) is 1.26. The summed E-state index contributed by atoms with van der Waals surface area (Å²) in [5, 5.41) is 2.86. The van der Waals surface area contributed by atoms with Crippen LogP contribution in [0, 0.1) is 0 Å². The van der Waals surface area contributed by atoms with E-state index in [2.05, 4.69) is 43.4 Å². The predicted octanol–water partition coefficient (Wildman–Crippen LogP) is 2.42. The van der Waals surface area contributed by atoms with Gasteiger partial charge in [0.15, 0.2) is 0 Å². The first kappa shape index (κ1) is 12.0. The number of hydrogen-bond acceptors (Lipinski definition) is 1. The van der Waals surface area contributed by atoms with Gasteiger partial charge in [-0.25, -0.2) is 4.79 Å². The van der Waals surface area contributed by atoms with Crippen molar-refractivity contribution in [3.8, 4) is 0 Å². The summed E-state index contributed by atoms with van der Waals surface area (Å²) in [4.78, 5) is 13.6. The van der Waals surface area contributed by atoms with E-state index in [4.69, 9.17) is 0 Å². The Morgan fingerprint density at radius 2 is 2.00 bits per heavy atom. The fraction of sp³-hybridized carbons (Fsp3) is 0.500. The molecule has 0 radical (unpaired) electrons. The SMILES string of the molecule is CC(C)(CCc1ccccc1)N1CCNC1=O. The van der Waals surface area contributed by atoms with Gasteiger partial charge in [-0.15, -0.1) is 0 Å². The van der Waals surface area contributed by atoms with Gasteiger partial charge in [0.1, 0.15) is 0 Å². The zero-order valence-corrected chi connectivity index (χ0v) is 10.6. The molecule has 92 valence electrons. The van der Waals surface area contributed by atoms with Gasteiger partial charge in [-0.05, 0) is 32.3 Å². The van der Waals surface area contributed by atoms with E-state index >= 15 is 0 Å². The summed E-state index contributed by atoms with van der Waals surface area (Å²) in [7, 11) is 0. The third-order valence-corrected chi connectivity index (χ3v) is 3.46. The summed E-state index contributed by atoms with van der Waals surface area (Å²) in [6.07, 6.45) is 2.00. The minimum atomic E-state index is -0.0730. The number of nitrogens with zero attached hydrogens (tertiary/aromatic N) is 1. The highest BCUT2D eigenvalue weighted by Gasteiger charge is 2.33. The van der Waals surface area contributed by atoms with Crippen LogP contribution < -0.4 is 5.32 Å². The molecule has 17 heavy (non-hydrogen) atoms. The van der Waals surface area contributed by atoms with Gasteiger partial charge in [-0.3, -0.25) is 0 Å². The molecule has 0 spiro atoms. The molecular weight excluding hydrogens is 212 g/mol. The van der Waals surface area contributed by atoms with Crippen LogP contribution in [-0.4, -0.2) is 29.6 Å². The van der Waals surface area contributed by atoms with Gasteiger partial charge in [-0.2, -0.15) is 0 Å². The Bertz CT molecular complexity index is 386. The molecule has 1 fully saturated rings. The van der Waals surface area contributed by atoms with Crippen molar-refractivity contribution < 1.29 is 4.79 Å². The van der Waals surface area contributed by atoms with Crippen molar-refractivity contribution in [1.82, 2.24) is 10.2 Å². The first-order chi connectivity index (χ1) is 8.09. The molecule has 1 N–H and O–H groups in total. The van der Waals surface area contributed by atoms with E-state index in [-0.39, 0.29) is 11.6 Å². The van der Waals surface area contributed by atoms with Gasteiger partial charge in [0.25, 0.3) is 0 Å². The molecule has 1 aromatic rings. The standard InChI is InChI=1S/C14H20N2O/c1-14(2,16-11-10-15-13(16)17)9-8-12-6-4-3-5-7-12/h3-7H,8-11H2,1-2H3,(H,15,17). The van der Waals surface area contributed by atoms with Crippen LogP contribution in [-0.2, 0) is 6.42 Å². The second kappa shape index (κ2) is 4.78. The zero-order chi connectivity index (χ0) is 12.3. The number of nitrogens with one attached hydrogen (secondary N) is 1. The van der Waals surface area contributed by atoms with Crippen LogP contribution in [0.4, 0.5) is 4.79 Å². The average molecular weight is 232 g/mol. The fourth-order valence-electron chi connectivity index (χ4n) is 2.28. The van der Waals surface area contributed by atoms with Crippen molar-refractivity contribution in [2.75, 3.05) is 13.1 Å². The number of amides is 2. The molecule has 1 heterocycles. The van der Waals surface area contributed by atoms with Crippen molar-refractivity contribution in [2.45, 2.75) is 32.2 Å². The van der Waals surface area contributed by atoms with Crippen LogP contribution >= 0.6 is 0 Å². The van der Waals surface area contributed by atoms with Gasteiger partial charge in [0, 0.05) is 18.6 Å². The first-order valence-corrected chi connectivity index (χ1v) is 6.19. The maximum atomic E-state index is 11.6. The first-order valence-electron chi connectivity index (χ1n) is 6.19. The van der Waals surface area contributed by atoms with Crippen LogP contribution in [0.2, 0.25) is 0 Å². The quantitative estimate of drug-likeness (QED) is 0.849. The molecule has 3 nitrogen and oxygen atoms in total. The van der Waals surface area contributed by atoms with Gasteiger partial charge in [0.2, 0.25) is 0 Å². The number of carbonyl (C=O) groups is 1. The van der Waals surface area contributed by atoms with Crippen molar-refractivity contribution in [1.29, 1.82) is 0 Å². The van der Waals surface area contributed by atoms with Crippen molar-refractivity contribution in [3.05, 3.63) is 35.9 Å². The average Bonchev–Trinajstić information content (AvgIpc) is 2.75. The Hall–Kier alpha value is -1.51. The summed E-state index contributed by atoms with van der Waals surface area (Å²) < 4.78 is 0. The smallest absolute Gasteiger partial charge is 0.317 e. The number of rotatable bonds is 4. The number of benzene rings is 1. The lowest BCUT2D eigenvalue weighted by atomic mass is 9.94. The third-order valence-electron chi connectivity index (χ3n) is 3.46. The number of carbonyl (C=O) groups excluding carboxylic acids is 1. The van der Waals surface area contributed by atoms with E-state index < -0.39 is 0 Å². The minimum absolute atomic E-state index is 0.0723. The highest BCUT2D eigenvalue weighted by atomic mass is 16.2. The molecule has 0 bridgehead atoms. The second-order valence-electron chi connectivity index (χ2n) is 5.18. The molecule has 1 aliphatic rings. The highest BCUT2D eigenvalue weighted by Crippen LogP contribution is 2.22. The molecule has 0 aliphatic carbocycles. The van der Waals surface area contributed by atoms with Crippen LogP contribution in [0.5, 0.6) is 0 Å². The van der Waals surface area contributed by atoms with Crippen molar-refractivity contribution >= 4 is 6.03 Å². The Morgan fingerprint density at radius 3 is 2.59 bits per heavy atom. The molecule has 1 aromatic carbocycles. The Kier molecular flexibility index (Phi) is 3.36. The van der Waals surface area contributed by atoms with Crippen LogP contribution in [0.3, 0.4) is 0 Å². The summed E-state index contributed by atoms with van der Waals surface area (Å²) in [6, 6.07) is 10.5. The molecule has 1 saturated heterocycles. The summed E-state index contributed by atoms with van der Waals surface area (Å²) in [6.45, 7) is 5.87. The van der Waals surface area contributed by atoms with E-state index in [9.17, 15) is 4.79 Å². The van der Waals surface area contributed by atoms with Crippen LogP contribution in [0.25, 0.3) is 0 Å². The Morgan fingerprint density at radius 1 is 1.29 bits per heavy atom. The van der Waals surface area contributed by atoms with E-state index in [0.29, 0.717) is 0 Å².